The zero-order valence-corrected chi connectivity index (χ0v) is 10.7. The van der Waals surface area contributed by atoms with Crippen LogP contribution in [0.1, 0.15) is 0 Å². The Morgan fingerprint density at radius 2 is 1.78 bits per heavy atom. The van der Waals surface area contributed by atoms with Gasteiger partial charge in [-0.15, -0.1) is 0 Å². The number of nitro groups is 1. The maximum Gasteiger partial charge on any atom is 0.284 e. The molecule has 0 amide bonds. The molecule has 0 spiro atoms. The van der Waals surface area contributed by atoms with Crippen LogP contribution < -0.4 is 4.72 Å². The van der Waals surface area contributed by atoms with E-state index in [4.69, 9.17) is 11.6 Å². The minimum absolute atomic E-state index is 0.0870. The lowest BCUT2D eigenvalue weighted by molar-refractivity contribution is -0.387. The Balaban J connectivity index is 2.10. The van der Waals surface area contributed by atoms with Crippen LogP contribution in [0.2, 0.25) is 5.02 Å². The molecule has 0 fully saturated rings. The van der Waals surface area contributed by atoms with Gasteiger partial charge in [-0.3, -0.25) is 10.1 Å². The molecule has 0 saturated heterocycles. The van der Waals surface area contributed by atoms with E-state index in [1.165, 1.54) is 18.0 Å². The normalized spacial score (nSPS) is 10.1. The molecule has 0 heterocycles. The first kappa shape index (κ1) is 12.7. The number of para-hydroxylation sites is 1. The van der Waals surface area contributed by atoms with Gasteiger partial charge in [0.05, 0.1) is 4.92 Å². The number of hydrogen-bond acceptors (Lipinski definition) is 4. The minimum atomic E-state index is -0.397. The van der Waals surface area contributed by atoms with Crippen LogP contribution in [0.4, 0.5) is 11.4 Å². The molecule has 18 heavy (non-hydrogen) atoms. The molecule has 0 aliphatic heterocycles. The lowest BCUT2D eigenvalue weighted by Crippen LogP contribution is -1.93. The molecule has 0 aromatic heterocycles. The van der Waals surface area contributed by atoms with Crippen LogP contribution in [0.5, 0.6) is 0 Å². The van der Waals surface area contributed by atoms with Gasteiger partial charge in [-0.2, -0.15) is 0 Å². The van der Waals surface area contributed by atoms with E-state index >= 15 is 0 Å². The highest BCUT2D eigenvalue weighted by molar-refractivity contribution is 8.00. The maximum absolute atomic E-state index is 10.8. The van der Waals surface area contributed by atoms with Crippen LogP contribution in [0.25, 0.3) is 0 Å². The van der Waals surface area contributed by atoms with E-state index in [1.807, 2.05) is 12.1 Å². The molecule has 2 aromatic carbocycles. The standard InChI is InChI=1S/C12H9ClN2O2S/c13-9-5-7-10(8-6-9)14-18-12-4-2-1-3-11(12)15(16)17/h1-8,14H. The van der Waals surface area contributed by atoms with Crippen molar-refractivity contribution in [3.05, 3.63) is 63.7 Å². The van der Waals surface area contributed by atoms with Crippen molar-refractivity contribution >= 4 is 34.9 Å². The smallest absolute Gasteiger partial charge is 0.284 e. The lowest BCUT2D eigenvalue weighted by Gasteiger charge is -2.05. The summed E-state index contributed by atoms with van der Waals surface area (Å²) in [4.78, 5) is 11.0. The van der Waals surface area contributed by atoms with Crippen molar-refractivity contribution in [3.8, 4) is 0 Å². The van der Waals surface area contributed by atoms with Gasteiger partial charge in [0.1, 0.15) is 4.90 Å². The Kier molecular flexibility index (Phi) is 4.07. The van der Waals surface area contributed by atoms with E-state index in [0.29, 0.717) is 9.92 Å². The highest BCUT2D eigenvalue weighted by Gasteiger charge is 2.12. The average molecular weight is 281 g/mol. The molecular weight excluding hydrogens is 272 g/mol. The van der Waals surface area contributed by atoms with E-state index < -0.39 is 4.92 Å². The highest BCUT2D eigenvalue weighted by Crippen LogP contribution is 2.29. The van der Waals surface area contributed by atoms with Crippen LogP contribution >= 0.6 is 23.5 Å². The fraction of sp³-hybridized carbons (Fsp3) is 0. The van der Waals surface area contributed by atoms with Crippen molar-refractivity contribution in [1.82, 2.24) is 0 Å². The summed E-state index contributed by atoms with van der Waals surface area (Å²) in [6.45, 7) is 0. The van der Waals surface area contributed by atoms with Crippen molar-refractivity contribution in [2.45, 2.75) is 4.90 Å². The molecule has 0 aliphatic rings. The number of nitrogens with zero attached hydrogens (tertiary/aromatic N) is 1. The summed E-state index contributed by atoms with van der Waals surface area (Å²) in [7, 11) is 0. The Labute approximate surface area is 113 Å². The Morgan fingerprint density at radius 3 is 2.44 bits per heavy atom. The van der Waals surface area contributed by atoms with Gasteiger partial charge < -0.3 is 4.72 Å². The molecule has 2 rings (SSSR count). The average Bonchev–Trinajstić information content (AvgIpc) is 2.38. The van der Waals surface area contributed by atoms with Crippen LogP contribution in [0, 0.1) is 10.1 Å². The molecule has 1 N–H and O–H groups in total. The molecule has 0 unspecified atom stereocenters. The molecule has 0 aliphatic carbocycles. The number of rotatable bonds is 4. The van der Waals surface area contributed by atoms with Crippen molar-refractivity contribution in [2.75, 3.05) is 4.72 Å². The third kappa shape index (κ3) is 3.15. The van der Waals surface area contributed by atoms with E-state index in [1.54, 1.807) is 30.3 Å². The third-order valence-corrected chi connectivity index (χ3v) is 3.34. The Bertz CT molecular complexity index is 560. The van der Waals surface area contributed by atoms with Gasteiger partial charge >= 0.3 is 0 Å². The summed E-state index contributed by atoms with van der Waals surface area (Å²) in [6, 6.07) is 13.7. The summed E-state index contributed by atoms with van der Waals surface area (Å²) in [5.74, 6) is 0. The number of anilines is 1. The van der Waals surface area contributed by atoms with Gasteiger partial charge in [0.15, 0.2) is 0 Å². The van der Waals surface area contributed by atoms with Gasteiger partial charge in [0.2, 0.25) is 0 Å². The molecule has 0 bridgehead atoms. The summed E-state index contributed by atoms with van der Waals surface area (Å²) < 4.78 is 3.04. The highest BCUT2D eigenvalue weighted by atomic mass is 35.5. The Hall–Kier alpha value is -1.72. The number of hydrogen-bond donors (Lipinski definition) is 1. The van der Waals surface area contributed by atoms with Crippen LogP contribution in [0.3, 0.4) is 0 Å². The van der Waals surface area contributed by atoms with E-state index in [9.17, 15) is 10.1 Å². The maximum atomic E-state index is 10.8. The molecule has 92 valence electrons. The van der Waals surface area contributed by atoms with Crippen LogP contribution in [-0.2, 0) is 0 Å². The summed E-state index contributed by atoms with van der Waals surface area (Å²) in [6.07, 6.45) is 0. The fourth-order valence-electron chi connectivity index (χ4n) is 1.33. The SMILES string of the molecule is O=[N+]([O-])c1ccccc1SNc1ccc(Cl)cc1. The second kappa shape index (κ2) is 5.75. The predicted octanol–water partition coefficient (Wildman–Crippen LogP) is 4.37. The zero-order chi connectivity index (χ0) is 13.0. The van der Waals surface area contributed by atoms with Crippen molar-refractivity contribution in [1.29, 1.82) is 0 Å². The number of nitrogens with one attached hydrogen (secondary N) is 1. The molecule has 6 heteroatoms. The quantitative estimate of drug-likeness (QED) is 0.513. The third-order valence-electron chi connectivity index (χ3n) is 2.19. The zero-order valence-electron chi connectivity index (χ0n) is 9.17. The molecular formula is C12H9ClN2O2S. The number of halogens is 1. The molecule has 0 atom stereocenters. The van der Waals surface area contributed by atoms with Crippen molar-refractivity contribution in [2.24, 2.45) is 0 Å². The first-order chi connectivity index (χ1) is 8.66. The fourth-order valence-corrected chi connectivity index (χ4v) is 2.21. The first-order valence-electron chi connectivity index (χ1n) is 5.08. The number of benzene rings is 2. The second-order valence-electron chi connectivity index (χ2n) is 3.44. The minimum Gasteiger partial charge on any atom is -0.325 e. The van der Waals surface area contributed by atoms with Crippen molar-refractivity contribution in [3.63, 3.8) is 0 Å². The largest absolute Gasteiger partial charge is 0.325 e. The van der Waals surface area contributed by atoms with E-state index in [0.717, 1.165) is 5.69 Å². The van der Waals surface area contributed by atoms with E-state index in [2.05, 4.69) is 4.72 Å². The Morgan fingerprint density at radius 1 is 1.11 bits per heavy atom. The van der Waals surface area contributed by atoms with Crippen LogP contribution in [-0.4, -0.2) is 4.92 Å². The van der Waals surface area contributed by atoms with Gasteiger partial charge in [-0.05, 0) is 42.3 Å². The second-order valence-corrected chi connectivity index (χ2v) is 4.72. The molecule has 0 radical (unpaired) electrons. The summed E-state index contributed by atoms with van der Waals surface area (Å²) in [5.41, 5.74) is 0.923. The van der Waals surface area contributed by atoms with Gasteiger partial charge in [-0.1, -0.05) is 23.7 Å². The summed E-state index contributed by atoms with van der Waals surface area (Å²) >= 11 is 6.97. The first-order valence-corrected chi connectivity index (χ1v) is 6.28. The molecule has 4 nitrogen and oxygen atoms in total. The van der Waals surface area contributed by atoms with E-state index in [-0.39, 0.29) is 5.69 Å². The van der Waals surface area contributed by atoms with Crippen molar-refractivity contribution < 1.29 is 4.92 Å². The van der Waals surface area contributed by atoms with Gasteiger partial charge in [-0.25, -0.2) is 0 Å². The molecule has 0 saturated carbocycles. The van der Waals surface area contributed by atoms with Crippen LogP contribution in [0.15, 0.2) is 53.4 Å². The number of nitro benzene ring substituents is 1. The van der Waals surface area contributed by atoms with Gasteiger partial charge in [0.25, 0.3) is 5.69 Å². The lowest BCUT2D eigenvalue weighted by atomic mass is 10.3. The predicted molar refractivity (Wildman–Crippen MR) is 74.0 cm³/mol. The van der Waals surface area contributed by atoms with Gasteiger partial charge in [0, 0.05) is 16.8 Å². The topological polar surface area (TPSA) is 55.2 Å². The monoisotopic (exact) mass is 280 g/mol. The molecule has 2 aromatic rings. The summed E-state index contributed by atoms with van der Waals surface area (Å²) in [5, 5.41) is 11.5.